The van der Waals surface area contributed by atoms with Crippen LogP contribution in [-0.4, -0.2) is 11.0 Å². The summed E-state index contributed by atoms with van der Waals surface area (Å²) in [5.41, 5.74) is 3.35. The monoisotopic (exact) mass is 386 g/mol. The molecule has 1 fully saturated rings. The van der Waals surface area contributed by atoms with E-state index in [0.29, 0.717) is 10.8 Å². The van der Waals surface area contributed by atoms with E-state index in [1.807, 2.05) is 54.6 Å². The molecule has 116 valence electrons. The predicted molar refractivity (Wildman–Crippen MR) is 101 cm³/mol. The van der Waals surface area contributed by atoms with Gasteiger partial charge in [-0.25, -0.2) is 0 Å². The number of rotatable bonds is 3. The SMILES string of the molecule is CCc1ccccc1N1C(=O)/C(=C\c2cccc(Br)c2)NC1=S. The molecule has 0 aromatic heterocycles. The van der Waals surface area contributed by atoms with Crippen LogP contribution >= 0.6 is 28.1 Å². The first-order chi connectivity index (χ1) is 11.1. The minimum Gasteiger partial charge on any atom is -0.327 e. The highest BCUT2D eigenvalue weighted by molar-refractivity contribution is 9.10. The van der Waals surface area contributed by atoms with E-state index in [0.717, 1.165) is 27.7 Å². The van der Waals surface area contributed by atoms with Crippen molar-refractivity contribution in [2.75, 3.05) is 4.90 Å². The van der Waals surface area contributed by atoms with E-state index in [4.69, 9.17) is 12.2 Å². The van der Waals surface area contributed by atoms with Crippen LogP contribution in [0.2, 0.25) is 0 Å². The third kappa shape index (κ3) is 3.21. The Morgan fingerprint density at radius 1 is 1.22 bits per heavy atom. The molecule has 0 radical (unpaired) electrons. The van der Waals surface area contributed by atoms with Gasteiger partial charge in [-0.1, -0.05) is 53.2 Å². The predicted octanol–water partition coefficient (Wildman–Crippen LogP) is 4.27. The fraction of sp³-hybridized carbons (Fsp3) is 0.111. The van der Waals surface area contributed by atoms with E-state index in [1.54, 1.807) is 4.90 Å². The Kier molecular flexibility index (Phi) is 4.59. The van der Waals surface area contributed by atoms with E-state index < -0.39 is 0 Å². The van der Waals surface area contributed by atoms with Crippen LogP contribution in [0.4, 0.5) is 5.69 Å². The average molecular weight is 387 g/mol. The highest BCUT2D eigenvalue weighted by Gasteiger charge is 2.32. The van der Waals surface area contributed by atoms with Gasteiger partial charge < -0.3 is 5.32 Å². The highest BCUT2D eigenvalue weighted by Crippen LogP contribution is 2.26. The summed E-state index contributed by atoms with van der Waals surface area (Å²) in [4.78, 5) is 14.3. The van der Waals surface area contributed by atoms with Crippen molar-refractivity contribution in [3.63, 3.8) is 0 Å². The lowest BCUT2D eigenvalue weighted by Crippen LogP contribution is -2.31. The molecule has 3 rings (SSSR count). The Bertz CT molecular complexity index is 816. The third-order valence-corrected chi connectivity index (χ3v) is 4.43. The molecule has 0 spiro atoms. The molecule has 2 aromatic carbocycles. The number of carbonyl (C=O) groups excluding carboxylic acids is 1. The van der Waals surface area contributed by atoms with Gasteiger partial charge in [-0.3, -0.25) is 9.69 Å². The van der Waals surface area contributed by atoms with Crippen LogP contribution in [0.1, 0.15) is 18.1 Å². The number of halogens is 1. The van der Waals surface area contributed by atoms with Crippen LogP contribution in [0.25, 0.3) is 6.08 Å². The van der Waals surface area contributed by atoms with Gasteiger partial charge in [0.05, 0.1) is 5.69 Å². The van der Waals surface area contributed by atoms with E-state index in [1.165, 1.54) is 0 Å². The van der Waals surface area contributed by atoms with Crippen LogP contribution in [0.5, 0.6) is 0 Å². The molecule has 1 amide bonds. The molecule has 1 heterocycles. The fourth-order valence-corrected chi connectivity index (χ4v) is 3.25. The molecule has 3 nitrogen and oxygen atoms in total. The number of benzene rings is 2. The summed E-state index contributed by atoms with van der Waals surface area (Å²) in [6.45, 7) is 2.06. The van der Waals surface area contributed by atoms with Crippen LogP contribution in [0.15, 0.2) is 58.7 Å². The number of nitrogens with one attached hydrogen (secondary N) is 1. The summed E-state index contributed by atoms with van der Waals surface area (Å²) in [7, 11) is 0. The quantitative estimate of drug-likeness (QED) is 0.631. The number of carbonyl (C=O) groups is 1. The van der Waals surface area contributed by atoms with Gasteiger partial charge in [0, 0.05) is 4.47 Å². The lowest BCUT2D eigenvalue weighted by molar-refractivity contribution is -0.113. The second-order valence-corrected chi connectivity index (χ2v) is 6.47. The van der Waals surface area contributed by atoms with E-state index in [-0.39, 0.29) is 5.91 Å². The first-order valence-electron chi connectivity index (χ1n) is 7.30. The van der Waals surface area contributed by atoms with Gasteiger partial charge in [-0.05, 0) is 54.0 Å². The lowest BCUT2D eigenvalue weighted by atomic mass is 10.1. The van der Waals surface area contributed by atoms with Crippen molar-refractivity contribution in [2.24, 2.45) is 0 Å². The van der Waals surface area contributed by atoms with Gasteiger partial charge in [0.1, 0.15) is 5.70 Å². The zero-order valence-electron chi connectivity index (χ0n) is 12.5. The van der Waals surface area contributed by atoms with E-state index in [9.17, 15) is 4.79 Å². The second kappa shape index (κ2) is 6.64. The summed E-state index contributed by atoms with van der Waals surface area (Å²) >= 11 is 8.81. The van der Waals surface area contributed by atoms with Crippen molar-refractivity contribution >= 4 is 50.9 Å². The molecule has 1 N–H and O–H groups in total. The lowest BCUT2D eigenvalue weighted by Gasteiger charge is -2.17. The Hall–Kier alpha value is -1.98. The number of anilines is 1. The van der Waals surface area contributed by atoms with E-state index in [2.05, 4.69) is 28.2 Å². The summed E-state index contributed by atoms with van der Waals surface area (Å²) in [5, 5.41) is 3.44. The number of thiocarbonyl (C=S) groups is 1. The van der Waals surface area contributed by atoms with Gasteiger partial charge in [-0.2, -0.15) is 0 Å². The molecule has 23 heavy (non-hydrogen) atoms. The molecule has 1 aliphatic rings. The van der Waals surface area contributed by atoms with Gasteiger partial charge in [0.15, 0.2) is 5.11 Å². The molecule has 2 aromatic rings. The van der Waals surface area contributed by atoms with Gasteiger partial charge in [-0.15, -0.1) is 0 Å². The van der Waals surface area contributed by atoms with Crippen molar-refractivity contribution in [2.45, 2.75) is 13.3 Å². The highest BCUT2D eigenvalue weighted by atomic mass is 79.9. The maximum absolute atomic E-state index is 12.8. The van der Waals surface area contributed by atoms with Crippen LogP contribution < -0.4 is 10.2 Å². The largest absolute Gasteiger partial charge is 0.327 e. The molecule has 0 aliphatic carbocycles. The standard InChI is InChI=1S/C18H15BrN2OS/c1-2-13-7-3-4-9-16(13)21-17(22)15(20-18(21)23)11-12-6-5-8-14(19)10-12/h3-11H,2H2,1H3,(H,20,23)/b15-11+. The summed E-state index contributed by atoms with van der Waals surface area (Å²) < 4.78 is 0.966. The summed E-state index contributed by atoms with van der Waals surface area (Å²) in [6.07, 6.45) is 2.65. The van der Waals surface area contributed by atoms with Gasteiger partial charge >= 0.3 is 0 Å². The number of para-hydroxylation sites is 1. The molecule has 0 saturated carbocycles. The van der Waals surface area contributed by atoms with Crippen molar-refractivity contribution in [1.29, 1.82) is 0 Å². The Morgan fingerprint density at radius 3 is 2.74 bits per heavy atom. The minimum atomic E-state index is -0.129. The molecule has 0 unspecified atom stereocenters. The number of amides is 1. The smallest absolute Gasteiger partial charge is 0.281 e. The van der Waals surface area contributed by atoms with Crippen molar-refractivity contribution in [3.05, 3.63) is 69.8 Å². The Balaban J connectivity index is 1.97. The van der Waals surface area contributed by atoms with Crippen molar-refractivity contribution in [1.82, 2.24) is 5.32 Å². The van der Waals surface area contributed by atoms with Crippen LogP contribution in [-0.2, 0) is 11.2 Å². The molecule has 1 saturated heterocycles. The number of hydrogen-bond donors (Lipinski definition) is 1. The van der Waals surface area contributed by atoms with E-state index >= 15 is 0 Å². The summed E-state index contributed by atoms with van der Waals surface area (Å²) in [6, 6.07) is 15.6. The van der Waals surface area contributed by atoms with Crippen molar-refractivity contribution < 1.29 is 4.79 Å². The molecule has 1 aliphatic heterocycles. The normalized spacial score (nSPS) is 16.1. The summed E-state index contributed by atoms with van der Waals surface area (Å²) in [5.74, 6) is -0.129. The zero-order valence-corrected chi connectivity index (χ0v) is 14.9. The Labute approximate surface area is 149 Å². The number of aryl methyl sites for hydroxylation is 1. The van der Waals surface area contributed by atoms with Gasteiger partial charge in [0.25, 0.3) is 5.91 Å². The Morgan fingerprint density at radius 2 is 2.00 bits per heavy atom. The maximum atomic E-state index is 12.8. The minimum absolute atomic E-state index is 0.129. The number of hydrogen-bond acceptors (Lipinski definition) is 2. The fourth-order valence-electron chi connectivity index (χ4n) is 2.54. The molecule has 0 bridgehead atoms. The first-order valence-corrected chi connectivity index (χ1v) is 8.51. The molecule has 5 heteroatoms. The second-order valence-electron chi connectivity index (χ2n) is 5.17. The average Bonchev–Trinajstić information content (AvgIpc) is 2.81. The first kappa shape index (κ1) is 15.9. The molecule has 0 atom stereocenters. The molecular formula is C18H15BrN2OS. The van der Waals surface area contributed by atoms with Crippen LogP contribution in [0.3, 0.4) is 0 Å². The van der Waals surface area contributed by atoms with Crippen molar-refractivity contribution in [3.8, 4) is 0 Å². The van der Waals surface area contributed by atoms with Gasteiger partial charge in [0.2, 0.25) is 0 Å². The van der Waals surface area contributed by atoms with Crippen LogP contribution in [0, 0.1) is 0 Å². The molecular weight excluding hydrogens is 372 g/mol. The topological polar surface area (TPSA) is 32.3 Å². The zero-order chi connectivity index (χ0) is 16.4. The maximum Gasteiger partial charge on any atom is 0.281 e. The number of nitrogens with zero attached hydrogens (tertiary/aromatic N) is 1. The third-order valence-electron chi connectivity index (χ3n) is 3.65.